The van der Waals surface area contributed by atoms with Crippen LogP contribution in [0, 0.1) is 0 Å². The molecule has 1 aromatic heterocycles. The van der Waals surface area contributed by atoms with Crippen molar-refractivity contribution in [3.05, 3.63) is 28.0 Å². The molecule has 0 bridgehead atoms. The summed E-state index contributed by atoms with van der Waals surface area (Å²) in [6.07, 6.45) is 1.34. The number of amides is 2. The maximum atomic E-state index is 12.6. The molecule has 1 saturated heterocycles. The van der Waals surface area contributed by atoms with Gasteiger partial charge in [0, 0.05) is 26.3 Å². The molecule has 0 aromatic carbocycles. The molecule has 0 aliphatic carbocycles. The highest BCUT2D eigenvalue weighted by molar-refractivity contribution is 6.35. The van der Waals surface area contributed by atoms with Crippen molar-refractivity contribution in [3.8, 4) is 0 Å². The third kappa shape index (κ3) is 2.47. The molecular formula is C13H15Cl2N3O2. The lowest BCUT2D eigenvalue weighted by Gasteiger charge is -2.44. The van der Waals surface area contributed by atoms with Gasteiger partial charge >= 0.3 is 0 Å². The van der Waals surface area contributed by atoms with Crippen LogP contribution < -0.4 is 0 Å². The smallest absolute Gasteiger partial charge is 0.256 e. The molecule has 7 heteroatoms. The lowest BCUT2D eigenvalue weighted by atomic mass is 9.96. The Balaban J connectivity index is 2.38. The first-order valence-electron chi connectivity index (χ1n) is 6.13. The van der Waals surface area contributed by atoms with Crippen molar-refractivity contribution in [1.82, 2.24) is 14.8 Å². The minimum absolute atomic E-state index is 0.103. The predicted molar refractivity (Wildman–Crippen MR) is 77.0 cm³/mol. The Morgan fingerprint density at radius 3 is 2.65 bits per heavy atom. The van der Waals surface area contributed by atoms with Crippen LogP contribution in [0.3, 0.4) is 0 Å². The molecule has 1 fully saturated rings. The summed E-state index contributed by atoms with van der Waals surface area (Å²) in [5.74, 6) is -0.417. The Labute approximate surface area is 127 Å². The lowest BCUT2D eigenvalue weighted by Crippen LogP contribution is -2.63. The van der Waals surface area contributed by atoms with Gasteiger partial charge in [-0.15, -0.1) is 0 Å². The number of hydrogen-bond acceptors (Lipinski definition) is 3. The molecule has 2 amide bonds. The van der Waals surface area contributed by atoms with Crippen molar-refractivity contribution in [1.29, 1.82) is 0 Å². The predicted octanol–water partition coefficient (Wildman–Crippen LogP) is 2.08. The number of halogens is 2. The molecule has 1 aliphatic rings. The van der Waals surface area contributed by atoms with Crippen molar-refractivity contribution >= 4 is 35.0 Å². The largest absolute Gasteiger partial charge is 0.342 e. The summed E-state index contributed by atoms with van der Waals surface area (Å²) in [7, 11) is 1.72. The molecule has 0 saturated carbocycles. The van der Waals surface area contributed by atoms with E-state index in [2.05, 4.69) is 4.98 Å². The Bertz CT molecular complexity index is 575. The van der Waals surface area contributed by atoms with Gasteiger partial charge in [0.15, 0.2) is 0 Å². The van der Waals surface area contributed by atoms with E-state index in [0.717, 1.165) is 0 Å². The van der Waals surface area contributed by atoms with Crippen molar-refractivity contribution in [2.45, 2.75) is 19.4 Å². The van der Waals surface area contributed by atoms with Gasteiger partial charge in [0.1, 0.15) is 10.7 Å². The van der Waals surface area contributed by atoms with E-state index in [1.54, 1.807) is 25.8 Å². The fourth-order valence-electron chi connectivity index (χ4n) is 2.29. The summed E-state index contributed by atoms with van der Waals surface area (Å²) in [5.41, 5.74) is -0.652. The van der Waals surface area contributed by atoms with Crippen LogP contribution in [0.15, 0.2) is 12.3 Å². The van der Waals surface area contributed by atoms with E-state index in [4.69, 9.17) is 23.2 Å². The van der Waals surface area contributed by atoms with Gasteiger partial charge in [-0.3, -0.25) is 9.59 Å². The van der Waals surface area contributed by atoms with E-state index in [1.807, 2.05) is 0 Å². The van der Waals surface area contributed by atoms with Gasteiger partial charge in [-0.2, -0.15) is 0 Å². The van der Waals surface area contributed by atoms with Crippen LogP contribution in [0.4, 0.5) is 0 Å². The maximum absolute atomic E-state index is 12.6. The van der Waals surface area contributed by atoms with Crippen molar-refractivity contribution in [2.75, 3.05) is 20.1 Å². The highest BCUT2D eigenvalue weighted by Crippen LogP contribution is 2.27. The zero-order chi connectivity index (χ0) is 15.1. The van der Waals surface area contributed by atoms with Gasteiger partial charge in [0.25, 0.3) is 5.91 Å². The van der Waals surface area contributed by atoms with E-state index in [9.17, 15) is 9.59 Å². The van der Waals surface area contributed by atoms with Crippen LogP contribution in [0.5, 0.6) is 0 Å². The van der Waals surface area contributed by atoms with Crippen LogP contribution >= 0.6 is 23.2 Å². The number of piperazine rings is 1. The van der Waals surface area contributed by atoms with Crippen molar-refractivity contribution < 1.29 is 9.59 Å². The van der Waals surface area contributed by atoms with Gasteiger partial charge < -0.3 is 9.80 Å². The summed E-state index contributed by atoms with van der Waals surface area (Å²) in [4.78, 5) is 31.8. The second-order valence-electron chi connectivity index (χ2n) is 5.23. The zero-order valence-electron chi connectivity index (χ0n) is 11.5. The SMILES string of the molecule is CN1CCN(C(=O)c2cc(Cl)ncc2Cl)C(C)(C)C1=O. The fourth-order valence-corrected chi connectivity index (χ4v) is 2.63. The highest BCUT2D eigenvalue weighted by atomic mass is 35.5. The van der Waals surface area contributed by atoms with Crippen LogP contribution in [0.1, 0.15) is 24.2 Å². The standard InChI is InChI=1S/C13H15Cl2N3O2/c1-13(2)12(20)17(3)4-5-18(13)11(19)8-6-10(15)16-7-9(8)14/h6-7H,4-5H2,1-3H3. The van der Waals surface area contributed by atoms with E-state index < -0.39 is 5.54 Å². The van der Waals surface area contributed by atoms with Crippen LogP contribution in [0.2, 0.25) is 10.2 Å². The Kier molecular flexibility index (Phi) is 3.93. The number of aromatic nitrogens is 1. The van der Waals surface area contributed by atoms with Gasteiger partial charge in [0.2, 0.25) is 5.91 Å². The van der Waals surface area contributed by atoms with E-state index in [-0.39, 0.29) is 27.6 Å². The summed E-state index contributed by atoms with van der Waals surface area (Å²) in [6, 6.07) is 1.42. The average molecular weight is 316 g/mol. The minimum Gasteiger partial charge on any atom is -0.342 e. The molecule has 0 atom stereocenters. The van der Waals surface area contributed by atoms with Crippen LogP contribution in [-0.2, 0) is 4.79 Å². The lowest BCUT2D eigenvalue weighted by molar-refractivity contribution is -0.144. The second-order valence-corrected chi connectivity index (χ2v) is 6.02. The van der Waals surface area contributed by atoms with E-state index in [0.29, 0.717) is 13.1 Å². The molecule has 1 aliphatic heterocycles. The number of carbonyl (C=O) groups is 2. The van der Waals surface area contributed by atoms with Gasteiger partial charge in [-0.05, 0) is 19.9 Å². The number of pyridine rings is 1. The molecule has 20 heavy (non-hydrogen) atoms. The normalized spacial score (nSPS) is 18.4. The molecule has 0 radical (unpaired) electrons. The molecular weight excluding hydrogens is 301 g/mol. The summed E-state index contributed by atoms with van der Waals surface area (Å²) in [6.45, 7) is 4.38. The molecule has 2 rings (SSSR count). The minimum atomic E-state index is -0.914. The second kappa shape index (κ2) is 5.22. The quantitative estimate of drug-likeness (QED) is 0.746. The molecule has 5 nitrogen and oxygen atoms in total. The van der Waals surface area contributed by atoms with Gasteiger partial charge in [0.05, 0.1) is 10.6 Å². The number of rotatable bonds is 1. The Hall–Kier alpha value is -1.33. The number of carbonyl (C=O) groups excluding carboxylic acids is 2. The monoisotopic (exact) mass is 315 g/mol. The third-order valence-corrected chi connectivity index (χ3v) is 4.01. The van der Waals surface area contributed by atoms with Gasteiger partial charge in [-0.25, -0.2) is 4.98 Å². The third-order valence-electron chi connectivity index (χ3n) is 3.50. The molecule has 108 valence electrons. The van der Waals surface area contributed by atoms with Crippen molar-refractivity contribution in [2.24, 2.45) is 0 Å². The van der Waals surface area contributed by atoms with E-state index in [1.165, 1.54) is 17.2 Å². The molecule has 1 aromatic rings. The molecule has 0 N–H and O–H groups in total. The average Bonchev–Trinajstić information content (AvgIpc) is 2.38. The van der Waals surface area contributed by atoms with Crippen molar-refractivity contribution in [3.63, 3.8) is 0 Å². The first-order chi connectivity index (χ1) is 9.25. The maximum Gasteiger partial charge on any atom is 0.256 e. The molecule has 2 heterocycles. The number of hydrogen-bond donors (Lipinski definition) is 0. The van der Waals surface area contributed by atoms with E-state index >= 15 is 0 Å². The first-order valence-corrected chi connectivity index (χ1v) is 6.89. The highest BCUT2D eigenvalue weighted by Gasteiger charge is 2.43. The molecule has 0 unspecified atom stereocenters. The summed E-state index contributed by atoms with van der Waals surface area (Å²) in [5, 5.41) is 0.414. The number of likely N-dealkylation sites (N-methyl/N-ethyl adjacent to an activating group) is 1. The van der Waals surface area contributed by atoms with Crippen LogP contribution in [-0.4, -0.2) is 52.3 Å². The number of nitrogens with zero attached hydrogens (tertiary/aromatic N) is 3. The van der Waals surface area contributed by atoms with Gasteiger partial charge in [-0.1, -0.05) is 23.2 Å². The molecule has 0 spiro atoms. The Morgan fingerprint density at radius 1 is 1.35 bits per heavy atom. The zero-order valence-corrected chi connectivity index (χ0v) is 13.0. The summed E-state index contributed by atoms with van der Waals surface area (Å²) < 4.78 is 0. The summed E-state index contributed by atoms with van der Waals surface area (Å²) >= 11 is 11.8. The Morgan fingerprint density at radius 2 is 2.00 bits per heavy atom. The fraction of sp³-hybridized carbons (Fsp3) is 0.462. The first kappa shape index (κ1) is 15.1. The van der Waals surface area contributed by atoms with Crippen LogP contribution in [0.25, 0.3) is 0 Å². The topological polar surface area (TPSA) is 53.5 Å².